The minimum Gasteiger partial charge on any atom is -0.458 e. The van der Waals surface area contributed by atoms with Crippen molar-refractivity contribution in [1.82, 2.24) is 9.55 Å². The second kappa shape index (κ2) is 6.47. The first kappa shape index (κ1) is 18.9. The molecule has 0 amide bonds. The van der Waals surface area contributed by atoms with Crippen molar-refractivity contribution in [2.24, 2.45) is 0 Å². The summed E-state index contributed by atoms with van der Waals surface area (Å²) in [4.78, 5) is 30.4. The normalized spacial score (nSPS) is 19.4. The molecule has 4 heterocycles. The molecule has 2 aliphatic rings. The Kier molecular flexibility index (Phi) is 4.08. The fourth-order valence-corrected chi connectivity index (χ4v) is 4.72. The number of aliphatic hydroxyl groups is 1. The van der Waals surface area contributed by atoms with Crippen LogP contribution >= 0.6 is 0 Å². The monoisotopic (exact) mass is 408 g/mol. The number of pyridine rings is 2. The Morgan fingerprint density at radius 1 is 1.27 bits per heavy atom. The summed E-state index contributed by atoms with van der Waals surface area (Å²) in [6.07, 6.45) is 0.319. The highest BCUT2D eigenvalue weighted by Crippen LogP contribution is 2.40. The van der Waals surface area contributed by atoms with Crippen molar-refractivity contribution < 1.29 is 19.0 Å². The molecule has 0 saturated carbocycles. The number of nitrogens with zero attached hydrogens (tertiary/aromatic N) is 2. The minimum absolute atomic E-state index is 0.129. The molecular weight excluding hydrogens is 387 g/mol. The third kappa shape index (κ3) is 2.41. The molecule has 3 aromatic rings. The maximum atomic E-state index is 13.3. The Balaban J connectivity index is 1.82. The zero-order valence-electron chi connectivity index (χ0n) is 16.8. The number of cyclic esters (lactones) is 1. The standard InChI is InChI=1S/C23H21FN2O4/c1-3-13-14-5-4-12(2)8-18(14)25-20-15(13)10-26-19(20)9-17-16(21(26)27)11-30-22(28)23(17,29)6-7-24/h4-5,8-9,29H,3,6-7,10-11H2,1-2H3. The number of esters is 1. The number of fused-ring (bicyclic) bond motifs is 5. The third-order valence-electron chi connectivity index (χ3n) is 6.26. The van der Waals surface area contributed by atoms with Crippen LogP contribution in [0.15, 0.2) is 29.1 Å². The third-order valence-corrected chi connectivity index (χ3v) is 6.26. The van der Waals surface area contributed by atoms with Gasteiger partial charge in [-0.15, -0.1) is 0 Å². The van der Waals surface area contributed by atoms with Crippen LogP contribution in [0.2, 0.25) is 0 Å². The smallest absolute Gasteiger partial charge is 0.343 e. The van der Waals surface area contributed by atoms with Gasteiger partial charge in [-0.2, -0.15) is 0 Å². The van der Waals surface area contributed by atoms with Gasteiger partial charge >= 0.3 is 5.97 Å². The molecule has 0 spiro atoms. The van der Waals surface area contributed by atoms with E-state index in [0.29, 0.717) is 17.9 Å². The molecule has 30 heavy (non-hydrogen) atoms. The fourth-order valence-electron chi connectivity index (χ4n) is 4.72. The molecular formula is C23H21FN2O4. The Hall–Kier alpha value is -3.06. The van der Waals surface area contributed by atoms with Gasteiger partial charge < -0.3 is 14.4 Å². The van der Waals surface area contributed by atoms with Crippen LogP contribution in [-0.2, 0) is 34.7 Å². The van der Waals surface area contributed by atoms with Gasteiger partial charge in [-0.1, -0.05) is 19.1 Å². The van der Waals surface area contributed by atoms with E-state index in [1.165, 1.54) is 0 Å². The number of aromatic nitrogens is 2. The number of halogens is 1. The van der Waals surface area contributed by atoms with Gasteiger partial charge in [0.05, 0.1) is 35.7 Å². The van der Waals surface area contributed by atoms with Crippen LogP contribution in [0.4, 0.5) is 4.39 Å². The number of carbonyl (C=O) groups excluding carboxylic acids is 1. The molecule has 2 aromatic heterocycles. The van der Waals surface area contributed by atoms with Crippen LogP contribution in [0.3, 0.4) is 0 Å². The number of benzene rings is 1. The molecule has 1 atom stereocenters. The summed E-state index contributed by atoms with van der Waals surface area (Å²) in [7, 11) is 0. The largest absolute Gasteiger partial charge is 0.458 e. The lowest BCUT2D eigenvalue weighted by molar-refractivity contribution is -0.173. The zero-order chi connectivity index (χ0) is 21.2. The Labute approximate surface area is 171 Å². The maximum absolute atomic E-state index is 13.3. The molecule has 1 N–H and O–H groups in total. The Bertz CT molecular complexity index is 1300. The van der Waals surface area contributed by atoms with Crippen LogP contribution in [0.5, 0.6) is 0 Å². The summed E-state index contributed by atoms with van der Waals surface area (Å²) in [5.41, 5.74) is 3.04. The van der Waals surface area contributed by atoms with Crippen molar-refractivity contribution in [2.45, 2.75) is 45.4 Å². The zero-order valence-corrected chi connectivity index (χ0v) is 16.8. The molecule has 7 heteroatoms. The molecule has 0 aliphatic carbocycles. The number of hydrogen-bond acceptors (Lipinski definition) is 5. The van der Waals surface area contributed by atoms with Crippen molar-refractivity contribution in [1.29, 1.82) is 0 Å². The number of alkyl halides is 1. The van der Waals surface area contributed by atoms with Crippen LogP contribution < -0.4 is 5.56 Å². The summed E-state index contributed by atoms with van der Waals surface area (Å²) in [5, 5.41) is 12.0. The second-order valence-electron chi connectivity index (χ2n) is 7.98. The molecule has 0 bridgehead atoms. The van der Waals surface area contributed by atoms with Crippen LogP contribution in [0.25, 0.3) is 22.3 Å². The van der Waals surface area contributed by atoms with Gasteiger partial charge in [0.25, 0.3) is 5.56 Å². The second-order valence-corrected chi connectivity index (χ2v) is 7.98. The average Bonchev–Trinajstić information content (AvgIpc) is 3.08. The van der Waals surface area contributed by atoms with E-state index in [2.05, 4.69) is 13.0 Å². The lowest BCUT2D eigenvalue weighted by atomic mass is 9.85. The summed E-state index contributed by atoms with van der Waals surface area (Å²) < 4.78 is 19.8. The number of hydrogen-bond donors (Lipinski definition) is 1. The molecule has 5 rings (SSSR count). The molecule has 0 radical (unpaired) electrons. The van der Waals surface area contributed by atoms with E-state index in [9.17, 15) is 19.1 Å². The van der Waals surface area contributed by atoms with Crippen LogP contribution in [-0.4, -0.2) is 27.3 Å². The van der Waals surface area contributed by atoms with Gasteiger partial charge in [-0.05, 0) is 36.6 Å². The van der Waals surface area contributed by atoms with Gasteiger partial charge in [-0.25, -0.2) is 9.78 Å². The minimum atomic E-state index is -2.17. The summed E-state index contributed by atoms with van der Waals surface area (Å²) in [6, 6.07) is 7.72. The van der Waals surface area contributed by atoms with Gasteiger partial charge in [0.15, 0.2) is 5.60 Å². The van der Waals surface area contributed by atoms with E-state index in [4.69, 9.17) is 9.72 Å². The number of carbonyl (C=O) groups is 1. The summed E-state index contributed by atoms with van der Waals surface area (Å²) in [5.74, 6) is -0.924. The van der Waals surface area contributed by atoms with E-state index in [1.807, 2.05) is 19.1 Å². The Morgan fingerprint density at radius 2 is 2.07 bits per heavy atom. The van der Waals surface area contributed by atoms with E-state index in [1.54, 1.807) is 10.6 Å². The van der Waals surface area contributed by atoms with Gasteiger partial charge in [0.2, 0.25) is 0 Å². The van der Waals surface area contributed by atoms with E-state index < -0.39 is 24.7 Å². The lowest BCUT2D eigenvalue weighted by Crippen LogP contribution is -2.45. The van der Waals surface area contributed by atoms with Gasteiger partial charge in [0, 0.05) is 22.9 Å². The first-order valence-corrected chi connectivity index (χ1v) is 10.0. The highest BCUT2D eigenvalue weighted by molar-refractivity contribution is 5.89. The average molecular weight is 408 g/mol. The van der Waals surface area contributed by atoms with Gasteiger partial charge in [0.1, 0.15) is 6.61 Å². The predicted molar refractivity (Wildman–Crippen MR) is 109 cm³/mol. The van der Waals surface area contributed by atoms with Crippen molar-refractivity contribution in [2.75, 3.05) is 6.67 Å². The van der Waals surface area contributed by atoms with E-state index >= 15 is 0 Å². The molecule has 6 nitrogen and oxygen atoms in total. The molecule has 1 aromatic carbocycles. The lowest BCUT2D eigenvalue weighted by Gasteiger charge is -2.32. The van der Waals surface area contributed by atoms with Crippen molar-refractivity contribution in [3.63, 3.8) is 0 Å². The number of aryl methyl sites for hydroxylation is 2. The van der Waals surface area contributed by atoms with Crippen molar-refractivity contribution in [3.8, 4) is 11.4 Å². The first-order chi connectivity index (χ1) is 14.4. The molecule has 0 saturated heterocycles. The number of rotatable bonds is 3. The summed E-state index contributed by atoms with van der Waals surface area (Å²) in [6.45, 7) is 3.29. The highest BCUT2D eigenvalue weighted by atomic mass is 19.1. The van der Waals surface area contributed by atoms with E-state index in [0.717, 1.165) is 34.0 Å². The Morgan fingerprint density at radius 3 is 2.80 bits per heavy atom. The predicted octanol–water partition coefficient (Wildman–Crippen LogP) is 2.90. The SMILES string of the molecule is CCc1c2c(nc3cc(C)ccc13)-c1cc3c(c(=O)n1C2)COC(=O)C3(O)CCF. The topological polar surface area (TPSA) is 81.4 Å². The van der Waals surface area contributed by atoms with Crippen molar-refractivity contribution in [3.05, 3.63) is 62.4 Å². The molecule has 154 valence electrons. The first-order valence-electron chi connectivity index (χ1n) is 10.0. The van der Waals surface area contributed by atoms with Crippen LogP contribution in [0, 0.1) is 6.92 Å². The maximum Gasteiger partial charge on any atom is 0.343 e. The van der Waals surface area contributed by atoms with Gasteiger partial charge in [-0.3, -0.25) is 9.18 Å². The fraction of sp³-hybridized carbons (Fsp3) is 0.348. The molecule has 2 aliphatic heterocycles. The molecule has 0 fully saturated rings. The van der Waals surface area contributed by atoms with Crippen LogP contribution in [0.1, 0.15) is 41.2 Å². The highest BCUT2D eigenvalue weighted by Gasteiger charge is 2.46. The molecule has 1 unspecified atom stereocenters. The van der Waals surface area contributed by atoms with Crippen molar-refractivity contribution >= 4 is 16.9 Å². The summed E-state index contributed by atoms with van der Waals surface area (Å²) >= 11 is 0. The quantitative estimate of drug-likeness (QED) is 0.527. The number of ether oxygens (including phenoxy) is 1. The van der Waals surface area contributed by atoms with E-state index in [-0.39, 0.29) is 23.3 Å².